The van der Waals surface area contributed by atoms with Crippen LogP contribution in [0.2, 0.25) is 0 Å². The molecule has 0 unspecified atom stereocenters. The minimum Gasteiger partial charge on any atom is -0.489 e. The number of hydrogen-bond acceptors (Lipinski definition) is 7. The summed E-state index contributed by atoms with van der Waals surface area (Å²) in [4.78, 5) is 4.50. The average molecular weight is 542 g/mol. The summed E-state index contributed by atoms with van der Waals surface area (Å²) in [5.74, 6) is 7.59. The Morgan fingerprint density at radius 1 is 1.10 bits per heavy atom. The Hall–Kier alpha value is -4.26. The number of nitrogens with two attached hydrogens (primary N) is 1. The molecule has 8 nitrogen and oxygen atoms in total. The molecule has 0 aliphatic rings. The summed E-state index contributed by atoms with van der Waals surface area (Å²) >= 11 is 1.72. The van der Waals surface area contributed by atoms with Crippen LogP contribution in [0, 0.1) is 24.3 Å². The van der Waals surface area contributed by atoms with Gasteiger partial charge in [-0.2, -0.15) is 5.53 Å². The first-order valence-corrected chi connectivity index (χ1v) is 13.3. The van der Waals surface area contributed by atoms with E-state index in [2.05, 4.69) is 57.7 Å². The summed E-state index contributed by atoms with van der Waals surface area (Å²) in [5.41, 5.74) is 18.1. The van der Waals surface area contributed by atoms with E-state index in [1.807, 2.05) is 36.5 Å². The van der Waals surface area contributed by atoms with Gasteiger partial charge in [0.05, 0.1) is 12.5 Å². The van der Waals surface area contributed by atoms with Gasteiger partial charge in [-0.15, -0.1) is 22.4 Å². The van der Waals surface area contributed by atoms with Gasteiger partial charge in [-0.3, -0.25) is 0 Å². The van der Waals surface area contributed by atoms with Crippen molar-refractivity contribution < 1.29 is 14.2 Å². The Kier molecular flexibility index (Phi) is 9.62. The molecule has 0 bridgehead atoms. The van der Waals surface area contributed by atoms with Crippen molar-refractivity contribution in [3.05, 3.63) is 76.8 Å². The predicted molar refractivity (Wildman–Crippen MR) is 156 cm³/mol. The van der Waals surface area contributed by atoms with E-state index in [0.717, 1.165) is 33.6 Å². The minimum atomic E-state index is -0.127. The highest BCUT2D eigenvalue weighted by molar-refractivity contribution is 7.17. The lowest BCUT2D eigenvalue weighted by Gasteiger charge is -2.12. The standard InChI is InChI=1S/C30H31N5O3S/c1-4-5-23(16-29(31)34-35-32)22-7-9-24(10-8-22)38-18-21-6-11-28-25(15-21)27(19-39-28)26-17-33-30(14-20(26)2)37-13-12-36-3/h6-11,14-15,17,19,23H,12-13,16,18H2,1-3H3,(H3,31,32,34)/t23-/m0/s1. The van der Waals surface area contributed by atoms with E-state index < -0.39 is 0 Å². The van der Waals surface area contributed by atoms with Gasteiger partial charge in [0.25, 0.3) is 0 Å². The van der Waals surface area contributed by atoms with Crippen molar-refractivity contribution in [2.45, 2.75) is 32.8 Å². The second-order valence-electron chi connectivity index (χ2n) is 8.86. The van der Waals surface area contributed by atoms with E-state index >= 15 is 0 Å². The number of nitrogens with zero attached hydrogens (tertiary/aromatic N) is 3. The molecule has 2 heterocycles. The SMILES string of the molecule is CC#C[C@@H](C/C(N)=N/N=N)c1ccc(OCc2ccc3scc(-c4cnc(OCCOC)cc4C)c3c2)cc1. The fourth-order valence-electron chi connectivity index (χ4n) is 4.20. The molecule has 2 aromatic heterocycles. The van der Waals surface area contributed by atoms with Crippen LogP contribution in [0.5, 0.6) is 11.6 Å². The minimum absolute atomic E-state index is 0.127. The van der Waals surface area contributed by atoms with E-state index in [1.54, 1.807) is 25.4 Å². The molecule has 39 heavy (non-hydrogen) atoms. The molecule has 0 fully saturated rings. The number of amidine groups is 1. The van der Waals surface area contributed by atoms with E-state index in [4.69, 9.17) is 25.5 Å². The molecule has 0 aliphatic carbocycles. The number of hydrogen-bond donors (Lipinski definition) is 2. The largest absolute Gasteiger partial charge is 0.489 e. The molecule has 1 atom stereocenters. The van der Waals surface area contributed by atoms with Gasteiger partial charge >= 0.3 is 0 Å². The third-order valence-corrected chi connectivity index (χ3v) is 7.11. The molecule has 4 aromatic rings. The highest BCUT2D eigenvalue weighted by atomic mass is 32.1. The average Bonchev–Trinajstić information content (AvgIpc) is 3.35. The Balaban J connectivity index is 1.47. The molecule has 0 spiro atoms. The zero-order valence-corrected chi connectivity index (χ0v) is 23.0. The third kappa shape index (κ3) is 7.19. The van der Waals surface area contributed by atoms with Gasteiger partial charge in [0, 0.05) is 47.0 Å². The van der Waals surface area contributed by atoms with Crippen LogP contribution in [0.4, 0.5) is 0 Å². The van der Waals surface area contributed by atoms with Crippen molar-refractivity contribution in [3.8, 4) is 34.6 Å². The van der Waals surface area contributed by atoms with Crippen molar-refractivity contribution in [1.29, 1.82) is 5.53 Å². The van der Waals surface area contributed by atoms with Gasteiger partial charge in [0.2, 0.25) is 5.88 Å². The molecule has 0 saturated carbocycles. The van der Waals surface area contributed by atoms with Crippen LogP contribution in [0.1, 0.15) is 36.0 Å². The maximum Gasteiger partial charge on any atom is 0.213 e. The molecule has 2 aromatic carbocycles. The van der Waals surface area contributed by atoms with Crippen molar-refractivity contribution in [3.63, 3.8) is 0 Å². The molecule has 0 aliphatic heterocycles. The van der Waals surface area contributed by atoms with E-state index in [-0.39, 0.29) is 11.8 Å². The van der Waals surface area contributed by atoms with Gasteiger partial charge in [-0.25, -0.2) is 4.98 Å². The Bertz CT molecular complexity index is 1520. The summed E-state index contributed by atoms with van der Waals surface area (Å²) in [6, 6.07) is 16.2. The van der Waals surface area contributed by atoms with Crippen molar-refractivity contribution in [2.75, 3.05) is 20.3 Å². The zero-order chi connectivity index (χ0) is 27.6. The molecule has 200 valence electrons. The fraction of sp³-hybridized carbons (Fsp3) is 0.267. The predicted octanol–water partition coefficient (Wildman–Crippen LogP) is 6.68. The number of methoxy groups -OCH3 is 1. The highest BCUT2D eigenvalue weighted by Gasteiger charge is 2.13. The number of pyridine rings is 1. The highest BCUT2D eigenvalue weighted by Crippen LogP contribution is 2.36. The number of aryl methyl sites for hydroxylation is 1. The summed E-state index contributed by atoms with van der Waals surface area (Å²) < 4.78 is 18.0. The van der Waals surface area contributed by atoms with Crippen LogP contribution in [-0.2, 0) is 11.3 Å². The summed E-state index contributed by atoms with van der Waals surface area (Å²) in [7, 11) is 1.65. The number of fused-ring (bicyclic) bond motifs is 1. The van der Waals surface area contributed by atoms with Crippen LogP contribution in [0.15, 0.2) is 70.4 Å². The Morgan fingerprint density at radius 2 is 1.92 bits per heavy atom. The number of benzene rings is 2. The van der Waals surface area contributed by atoms with E-state index in [1.165, 1.54) is 10.1 Å². The molecule has 9 heteroatoms. The first-order chi connectivity index (χ1) is 19.0. The number of ether oxygens (including phenoxy) is 3. The Labute approximate surface area is 232 Å². The van der Waals surface area contributed by atoms with Crippen molar-refractivity contribution in [2.24, 2.45) is 16.1 Å². The van der Waals surface area contributed by atoms with Gasteiger partial charge in [0.1, 0.15) is 24.8 Å². The van der Waals surface area contributed by atoms with Gasteiger partial charge < -0.3 is 19.9 Å². The number of thiophene rings is 1. The first-order valence-electron chi connectivity index (χ1n) is 12.4. The summed E-state index contributed by atoms with van der Waals surface area (Å²) in [6.45, 7) is 5.29. The topological polar surface area (TPSA) is 115 Å². The maximum atomic E-state index is 6.86. The third-order valence-electron chi connectivity index (χ3n) is 6.15. The van der Waals surface area contributed by atoms with Crippen LogP contribution in [-0.4, -0.2) is 31.1 Å². The quantitative estimate of drug-likeness (QED) is 0.0519. The van der Waals surface area contributed by atoms with E-state index in [9.17, 15) is 0 Å². The van der Waals surface area contributed by atoms with Gasteiger partial charge in [-0.1, -0.05) is 29.3 Å². The van der Waals surface area contributed by atoms with Gasteiger partial charge in [-0.05, 0) is 60.2 Å². The Morgan fingerprint density at radius 3 is 2.64 bits per heavy atom. The molecule has 0 amide bonds. The lowest BCUT2D eigenvalue weighted by molar-refractivity contribution is 0.143. The second-order valence-corrected chi connectivity index (χ2v) is 9.77. The molecule has 4 rings (SSSR count). The molecule has 3 N–H and O–H groups in total. The van der Waals surface area contributed by atoms with Crippen molar-refractivity contribution >= 4 is 27.3 Å². The van der Waals surface area contributed by atoms with Crippen LogP contribution < -0.4 is 15.2 Å². The van der Waals surface area contributed by atoms with Crippen LogP contribution in [0.25, 0.3) is 21.2 Å². The van der Waals surface area contributed by atoms with Gasteiger partial charge in [0.15, 0.2) is 0 Å². The van der Waals surface area contributed by atoms with E-state index in [0.29, 0.717) is 32.1 Å². The summed E-state index contributed by atoms with van der Waals surface area (Å²) in [5, 5.41) is 9.95. The smallest absolute Gasteiger partial charge is 0.213 e. The zero-order valence-electron chi connectivity index (χ0n) is 22.2. The second kappa shape index (κ2) is 13.5. The molecular formula is C30H31N5O3S. The monoisotopic (exact) mass is 541 g/mol. The lowest BCUT2D eigenvalue weighted by atomic mass is 9.95. The molecule has 0 radical (unpaired) electrons. The first kappa shape index (κ1) is 27.8. The van der Waals surface area contributed by atoms with Crippen molar-refractivity contribution in [1.82, 2.24) is 4.98 Å². The number of rotatable bonds is 12. The number of aromatic nitrogens is 1. The van der Waals surface area contributed by atoms with Crippen LogP contribution >= 0.6 is 11.3 Å². The molecule has 0 saturated heterocycles. The fourth-order valence-corrected chi connectivity index (χ4v) is 5.14. The summed E-state index contributed by atoms with van der Waals surface area (Å²) in [6.07, 6.45) is 2.28. The lowest BCUT2D eigenvalue weighted by Crippen LogP contribution is -2.15. The normalized spacial score (nSPS) is 12.0. The maximum absolute atomic E-state index is 6.86. The van der Waals surface area contributed by atoms with Crippen LogP contribution in [0.3, 0.4) is 0 Å². The molecular weight excluding hydrogens is 510 g/mol. The number of nitrogens with one attached hydrogen (secondary N) is 1.